The van der Waals surface area contributed by atoms with Gasteiger partial charge >= 0.3 is 0 Å². The third kappa shape index (κ3) is 3.65. The summed E-state index contributed by atoms with van der Waals surface area (Å²) >= 11 is 0. The molecule has 0 aliphatic carbocycles. The lowest BCUT2D eigenvalue weighted by Gasteiger charge is -2.35. The normalized spacial score (nSPS) is 18.5. The fourth-order valence-electron chi connectivity index (χ4n) is 3.39. The minimum atomic E-state index is 0.583. The Balaban J connectivity index is 1.79. The van der Waals surface area contributed by atoms with Crippen molar-refractivity contribution in [1.82, 2.24) is 4.90 Å². The van der Waals surface area contributed by atoms with Crippen molar-refractivity contribution < 1.29 is 4.74 Å². The van der Waals surface area contributed by atoms with Gasteiger partial charge in [0.2, 0.25) is 0 Å². The Kier molecular flexibility index (Phi) is 5.14. The molecule has 2 heteroatoms. The van der Waals surface area contributed by atoms with E-state index in [1.165, 1.54) is 23.1 Å². The molecular formula is C21H25NO. The van der Waals surface area contributed by atoms with E-state index >= 15 is 0 Å². The first-order valence-electron chi connectivity index (χ1n) is 8.42. The van der Waals surface area contributed by atoms with Crippen molar-refractivity contribution in [1.29, 1.82) is 0 Å². The maximum atomic E-state index is 5.54. The minimum Gasteiger partial charge on any atom is -0.496 e. The Morgan fingerprint density at radius 2 is 1.78 bits per heavy atom. The van der Waals surface area contributed by atoms with Crippen LogP contribution >= 0.6 is 0 Å². The average Bonchev–Trinajstić information content (AvgIpc) is 2.63. The van der Waals surface area contributed by atoms with Crippen molar-refractivity contribution in [2.45, 2.75) is 32.4 Å². The molecule has 1 aliphatic rings. The predicted molar refractivity (Wildman–Crippen MR) is 96.5 cm³/mol. The van der Waals surface area contributed by atoms with Crippen molar-refractivity contribution >= 4 is 5.57 Å². The summed E-state index contributed by atoms with van der Waals surface area (Å²) in [6, 6.07) is 19.7. The second-order valence-electron chi connectivity index (χ2n) is 6.11. The van der Waals surface area contributed by atoms with Gasteiger partial charge < -0.3 is 4.74 Å². The molecule has 0 N–H and O–H groups in total. The number of nitrogens with zero attached hydrogens (tertiary/aromatic N) is 1. The zero-order valence-electron chi connectivity index (χ0n) is 14.0. The Morgan fingerprint density at radius 1 is 1.04 bits per heavy atom. The molecule has 0 saturated carbocycles. The van der Waals surface area contributed by atoms with Gasteiger partial charge in [-0.3, -0.25) is 4.90 Å². The highest BCUT2D eigenvalue weighted by atomic mass is 16.5. The second-order valence-corrected chi connectivity index (χ2v) is 6.11. The summed E-state index contributed by atoms with van der Waals surface area (Å²) in [4.78, 5) is 2.58. The number of para-hydroxylation sites is 1. The van der Waals surface area contributed by atoms with E-state index < -0.39 is 0 Å². The molecule has 0 saturated heterocycles. The summed E-state index contributed by atoms with van der Waals surface area (Å²) in [5, 5.41) is 0. The third-order valence-corrected chi connectivity index (χ3v) is 4.70. The van der Waals surface area contributed by atoms with Crippen molar-refractivity contribution in [3.8, 4) is 5.75 Å². The summed E-state index contributed by atoms with van der Waals surface area (Å²) < 4.78 is 5.54. The first-order chi connectivity index (χ1) is 11.3. The SMILES string of the molecule is CCC1CC(c2ccccc2OC)=CCN1Cc1ccccc1. The van der Waals surface area contributed by atoms with Gasteiger partial charge in [0.1, 0.15) is 5.75 Å². The number of hydrogen-bond acceptors (Lipinski definition) is 2. The molecule has 120 valence electrons. The van der Waals surface area contributed by atoms with E-state index in [2.05, 4.69) is 60.4 Å². The van der Waals surface area contributed by atoms with E-state index in [1.807, 2.05) is 12.1 Å². The standard InChI is InChI=1S/C21H25NO/c1-3-19-15-18(20-11-7-8-12-21(20)23-2)13-14-22(19)16-17-9-5-4-6-10-17/h4-13,19H,3,14-16H2,1-2H3. The third-order valence-electron chi connectivity index (χ3n) is 4.70. The van der Waals surface area contributed by atoms with E-state index in [4.69, 9.17) is 4.74 Å². The summed E-state index contributed by atoms with van der Waals surface area (Å²) in [5.74, 6) is 0.977. The minimum absolute atomic E-state index is 0.583. The Bertz CT molecular complexity index is 663. The molecule has 2 aromatic rings. The van der Waals surface area contributed by atoms with E-state index in [9.17, 15) is 0 Å². The van der Waals surface area contributed by atoms with Crippen molar-refractivity contribution in [3.05, 3.63) is 71.8 Å². The molecule has 23 heavy (non-hydrogen) atoms. The highest BCUT2D eigenvalue weighted by Crippen LogP contribution is 2.33. The van der Waals surface area contributed by atoms with Crippen LogP contribution in [0.5, 0.6) is 5.75 Å². The van der Waals surface area contributed by atoms with Gasteiger partial charge in [0.15, 0.2) is 0 Å². The Morgan fingerprint density at radius 3 is 2.52 bits per heavy atom. The van der Waals surface area contributed by atoms with Gasteiger partial charge in [-0.1, -0.05) is 61.5 Å². The van der Waals surface area contributed by atoms with E-state index in [-0.39, 0.29) is 0 Å². The predicted octanol–water partition coefficient (Wildman–Crippen LogP) is 4.76. The van der Waals surface area contributed by atoms with Crippen LogP contribution in [0.15, 0.2) is 60.7 Å². The van der Waals surface area contributed by atoms with Gasteiger partial charge in [0, 0.05) is 24.7 Å². The van der Waals surface area contributed by atoms with E-state index in [0.29, 0.717) is 6.04 Å². The fourth-order valence-corrected chi connectivity index (χ4v) is 3.39. The van der Waals surface area contributed by atoms with Crippen LogP contribution in [0.1, 0.15) is 30.9 Å². The zero-order valence-corrected chi connectivity index (χ0v) is 14.0. The lowest BCUT2D eigenvalue weighted by Crippen LogP contribution is -2.37. The maximum Gasteiger partial charge on any atom is 0.126 e. The van der Waals surface area contributed by atoms with Gasteiger partial charge in [-0.25, -0.2) is 0 Å². The quantitative estimate of drug-likeness (QED) is 0.789. The lowest BCUT2D eigenvalue weighted by molar-refractivity contribution is 0.198. The monoisotopic (exact) mass is 307 g/mol. The molecule has 0 spiro atoms. The molecule has 1 aliphatic heterocycles. The first kappa shape index (κ1) is 15.8. The molecule has 0 radical (unpaired) electrons. The number of benzene rings is 2. The van der Waals surface area contributed by atoms with Gasteiger partial charge in [0.05, 0.1) is 7.11 Å². The highest BCUT2D eigenvalue weighted by Gasteiger charge is 2.23. The topological polar surface area (TPSA) is 12.5 Å². The van der Waals surface area contributed by atoms with Crippen LogP contribution in [-0.2, 0) is 6.54 Å². The van der Waals surface area contributed by atoms with Crippen molar-refractivity contribution in [2.75, 3.05) is 13.7 Å². The molecule has 0 fully saturated rings. The van der Waals surface area contributed by atoms with Crippen molar-refractivity contribution in [2.24, 2.45) is 0 Å². The van der Waals surface area contributed by atoms with E-state index in [1.54, 1.807) is 7.11 Å². The molecule has 2 aromatic carbocycles. The van der Waals surface area contributed by atoms with Crippen LogP contribution in [0, 0.1) is 0 Å². The van der Waals surface area contributed by atoms with Crippen LogP contribution in [0.2, 0.25) is 0 Å². The number of methoxy groups -OCH3 is 1. The molecule has 0 amide bonds. The summed E-state index contributed by atoms with van der Waals surface area (Å²) in [6.07, 6.45) is 4.62. The first-order valence-corrected chi connectivity index (χ1v) is 8.42. The van der Waals surface area contributed by atoms with Gasteiger partial charge in [-0.05, 0) is 30.0 Å². The van der Waals surface area contributed by atoms with Gasteiger partial charge in [-0.2, -0.15) is 0 Å². The van der Waals surface area contributed by atoms with Crippen LogP contribution in [0.3, 0.4) is 0 Å². The fraction of sp³-hybridized carbons (Fsp3) is 0.333. The Hall–Kier alpha value is -2.06. The van der Waals surface area contributed by atoms with Crippen LogP contribution in [0.4, 0.5) is 0 Å². The lowest BCUT2D eigenvalue weighted by atomic mass is 9.92. The summed E-state index contributed by atoms with van der Waals surface area (Å²) in [6.45, 7) is 4.31. The molecule has 1 unspecified atom stereocenters. The number of rotatable bonds is 5. The molecule has 2 nitrogen and oxygen atoms in total. The van der Waals surface area contributed by atoms with Crippen LogP contribution in [-0.4, -0.2) is 24.6 Å². The van der Waals surface area contributed by atoms with E-state index in [0.717, 1.165) is 25.3 Å². The largest absolute Gasteiger partial charge is 0.496 e. The molecule has 1 atom stereocenters. The van der Waals surface area contributed by atoms with Gasteiger partial charge in [0.25, 0.3) is 0 Å². The highest BCUT2D eigenvalue weighted by molar-refractivity contribution is 5.71. The number of hydrogen-bond donors (Lipinski definition) is 0. The molecular weight excluding hydrogens is 282 g/mol. The van der Waals surface area contributed by atoms with Crippen LogP contribution < -0.4 is 4.74 Å². The molecule has 3 rings (SSSR count). The maximum absolute atomic E-state index is 5.54. The average molecular weight is 307 g/mol. The molecule has 0 bridgehead atoms. The number of ether oxygens (including phenoxy) is 1. The van der Waals surface area contributed by atoms with Crippen LogP contribution in [0.25, 0.3) is 5.57 Å². The van der Waals surface area contributed by atoms with Gasteiger partial charge in [-0.15, -0.1) is 0 Å². The second kappa shape index (κ2) is 7.47. The summed E-state index contributed by atoms with van der Waals surface area (Å²) in [7, 11) is 1.75. The smallest absolute Gasteiger partial charge is 0.126 e. The Labute approximate surface area is 139 Å². The molecule has 0 aromatic heterocycles. The molecule has 1 heterocycles. The summed E-state index contributed by atoms with van der Waals surface area (Å²) in [5.41, 5.74) is 4.05. The van der Waals surface area contributed by atoms with Crippen molar-refractivity contribution in [3.63, 3.8) is 0 Å². The zero-order chi connectivity index (χ0) is 16.1.